The summed E-state index contributed by atoms with van der Waals surface area (Å²) in [6, 6.07) is 8.59. The summed E-state index contributed by atoms with van der Waals surface area (Å²) < 4.78 is 18.4. The standard InChI is InChI=1S/C15H17ClFNO/c1-2-18-13(10-14-4-3-7-19-14)8-11-5-6-12(17)9-15(11)16/h3-7,9,13,18H,2,8,10H2,1H3. The Hall–Kier alpha value is -1.32. The van der Waals surface area contributed by atoms with Crippen LogP contribution < -0.4 is 5.32 Å². The molecule has 4 heteroatoms. The van der Waals surface area contributed by atoms with Crippen LogP contribution in [0.5, 0.6) is 0 Å². The van der Waals surface area contributed by atoms with Gasteiger partial charge >= 0.3 is 0 Å². The lowest BCUT2D eigenvalue weighted by Gasteiger charge is -2.17. The fraction of sp³-hybridized carbons (Fsp3) is 0.333. The number of hydrogen-bond acceptors (Lipinski definition) is 2. The second kappa shape index (κ2) is 6.73. The molecule has 0 radical (unpaired) electrons. The lowest BCUT2D eigenvalue weighted by molar-refractivity contribution is 0.444. The first-order valence-corrected chi connectivity index (χ1v) is 6.76. The van der Waals surface area contributed by atoms with E-state index in [1.807, 2.05) is 12.1 Å². The van der Waals surface area contributed by atoms with E-state index in [1.54, 1.807) is 12.3 Å². The number of likely N-dealkylation sites (N-methyl/N-ethyl adjacent to an activating group) is 1. The Morgan fingerprint density at radius 2 is 2.16 bits per heavy atom. The molecule has 0 aliphatic carbocycles. The lowest BCUT2D eigenvalue weighted by Crippen LogP contribution is -2.33. The number of furan rings is 1. The Bertz CT molecular complexity index is 513. The monoisotopic (exact) mass is 281 g/mol. The van der Waals surface area contributed by atoms with Crippen LogP contribution in [0.2, 0.25) is 5.02 Å². The van der Waals surface area contributed by atoms with Crippen molar-refractivity contribution in [1.29, 1.82) is 0 Å². The average molecular weight is 282 g/mol. The molecule has 1 heterocycles. The summed E-state index contributed by atoms with van der Waals surface area (Å²) >= 11 is 6.06. The highest BCUT2D eigenvalue weighted by Crippen LogP contribution is 2.20. The van der Waals surface area contributed by atoms with E-state index in [2.05, 4.69) is 12.2 Å². The first kappa shape index (κ1) is 14.1. The Morgan fingerprint density at radius 1 is 1.32 bits per heavy atom. The van der Waals surface area contributed by atoms with Crippen molar-refractivity contribution in [3.05, 3.63) is 58.8 Å². The summed E-state index contributed by atoms with van der Waals surface area (Å²) in [7, 11) is 0. The second-order valence-electron chi connectivity index (χ2n) is 4.48. The molecule has 0 saturated carbocycles. The quantitative estimate of drug-likeness (QED) is 0.870. The fourth-order valence-corrected chi connectivity index (χ4v) is 2.37. The van der Waals surface area contributed by atoms with Crippen LogP contribution in [0.3, 0.4) is 0 Å². The minimum Gasteiger partial charge on any atom is -0.469 e. The smallest absolute Gasteiger partial charge is 0.124 e. The molecular formula is C15H17ClFNO. The molecule has 0 bridgehead atoms. The maximum atomic E-state index is 13.0. The number of hydrogen-bond donors (Lipinski definition) is 1. The van der Waals surface area contributed by atoms with Gasteiger partial charge in [-0.25, -0.2) is 4.39 Å². The van der Waals surface area contributed by atoms with E-state index in [-0.39, 0.29) is 11.9 Å². The Morgan fingerprint density at radius 3 is 2.79 bits per heavy atom. The number of halogens is 2. The van der Waals surface area contributed by atoms with Gasteiger partial charge in [-0.15, -0.1) is 0 Å². The lowest BCUT2D eigenvalue weighted by atomic mass is 10.0. The minimum absolute atomic E-state index is 0.221. The summed E-state index contributed by atoms with van der Waals surface area (Å²) in [4.78, 5) is 0. The van der Waals surface area contributed by atoms with Crippen LogP contribution in [0.25, 0.3) is 0 Å². The number of benzene rings is 1. The van der Waals surface area contributed by atoms with Crippen LogP contribution in [-0.4, -0.2) is 12.6 Å². The van der Waals surface area contributed by atoms with Crippen LogP contribution in [0.4, 0.5) is 4.39 Å². The van der Waals surface area contributed by atoms with Gasteiger partial charge < -0.3 is 9.73 Å². The molecular weight excluding hydrogens is 265 g/mol. The third-order valence-electron chi connectivity index (χ3n) is 3.00. The maximum absolute atomic E-state index is 13.0. The predicted octanol–water partition coefficient (Wildman–Crippen LogP) is 3.84. The average Bonchev–Trinajstić information content (AvgIpc) is 2.86. The Kier molecular flexibility index (Phi) is 5.00. The third-order valence-corrected chi connectivity index (χ3v) is 3.35. The summed E-state index contributed by atoms with van der Waals surface area (Å²) in [5, 5.41) is 3.87. The van der Waals surface area contributed by atoms with Gasteiger partial charge in [0.05, 0.1) is 6.26 Å². The predicted molar refractivity (Wildman–Crippen MR) is 75.0 cm³/mol. The summed E-state index contributed by atoms with van der Waals surface area (Å²) in [5.74, 6) is 0.629. The van der Waals surface area contributed by atoms with Crippen molar-refractivity contribution in [2.24, 2.45) is 0 Å². The van der Waals surface area contributed by atoms with Crippen molar-refractivity contribution in [2.75, 3.05) is 6.54 Å². The van der Waals surface area contributed by atoms with Gasteiger partial charge in [0.1, 0.15) is 11.6 Å². The molecule has 1 aromatic carbocycles. The molecule has 0 aliphatic rings. The van der Waals surface area contributed by atoms with E-state index >= 15 is 0 Å². The van der Waals surface area contributed by atoms with Crippen LogP contribution in [0, 0.1) is 5.82 Å². The zero-order valence-corrected chi connectivity index (χ0v) is 11.6. The first-order valence-electron chi connectivity index (χ1n) is 6.38. The SMILES string of the molecule is CCNC(Cc1ccco1)Cc1ccc(F)cc1Cl. The van der Waals surface area contributed by atoms with E-state index in [4.69, 9.17) is 16.0 Å². The van der Waals surface area contributed by atoms with Crippen molar-refractivity contribution in [3.8, 4) is 0 Å². The molecule has 2 aromatic rings. The highest BCUT2D eigenvalue weighted by Gasteiger charge is 2.13. The van der Waals surface area contributed by atoms with Crippen molar-refractivity contribution in [1.82, 2.24) is 5.32 Å². The van der Waals surface area contributed by atoms with Gasteiger partial charge in [-0.3, -0.25) is 0 Å². The zero-order chi connectivity index (χ0) is 13.7. The first-order chi connectivity index (χ1) is 9.19. The van der Waals surface area contributed by atoms with Crippen molar-refractivity contribution in [2.45, 2.75) is 25.8 Å². The molecule has 1 unspecified atom stereocenters. The molecule has 2 rings (SSSR count). The molecule has 102 valence electrons. The Balaban J connectivity index is 2.07. The number of rotatable bonds is 6. The van der Waals surface area contributed by atoms with Crippen LogP contribution in [0.15, 0.2) is 41.0 Å². The highest BCUT2D eigenvalue weighted by molar-refractivity contribution is 6.31. The third kappa shape index (κ3) is 4.08. The van der Waals surface area contributed by atoms with Crippen molar-refractivity contribution < 1.29 is 8.81 Å². The van der Waals surface area contributed by atoms with Gasteiger partial charge in [-0.1, -0.05) is 24.6 Å². The molecule has 0 aliphatic heterocycles. The van der Waals surface area contributed by atoms with Crippen molar-refractivity contribution >= 4 is 11.6 Å². The van der Waals surface area contributed by atoms with Gasteiger partial charge in [0.15, 0.2) is 0 Å². The van der Waals surface area contributed by atoms with Gasteiger partial charge in [0.25, 0.3) is 0 Å². The second-order valence-corrected chi connectivity index (χ2v) is 4.89. The Labute approximate surface area is 117 Å². The zero-order valence-electron chi connectivity index (χ0n) is 10.8. The van der Waals surface area contributed by atoms with Crippen LogP contribution in [0.1, 0.15) is 18.2 Å². The molecule has 0 saturated heterocycles. The van der Waals surface area contributed by atoms with E-state index < -0.39 is 0 Å². The summed E-state index contributed by atoms with van der Waals surface area (Å²) in [6.07, 6.45) is 3.20. The largest absolute Gasteiger partial charge is 0.469 e. The molecule has 0 amide bonds. The van der Waals surface area contributed by atoms with Gasteiger partial charge in [-0.05, 0) is 42.8 Å². The van der Waals surface area contributed by atoms with Crippen LogP contribution in [-0.2, 0) is 12.8 Å². The normalized spacial score (nSPS) is 12.6. The molecule has 2 nitrogen and oxygen atoms in total. The van der Waals surface area contributed by atoms with E-state index in [0.717, 1.165) is 30.7 Å². The van der Waals surface area contributed by atoms with Gasteiger partial charge in [0, 0.05) is 17.5 Å². The minimum atomic E-state index is -0.306. The van der Waals surface area contributed by atoms with E-state index in [1.165, 1.54) is 12.1 Å². The van der Waals surface area contributed by atoms with Crippen LogP contribution >= 0.6 is 11.6 Å². The van der Waals surface area contributed by atoms with E-state index in [9.17, 15) is 4.39 Å². The maximum Gasteiger partial charge on any atom is 0.124 e. The molecule has 0 fully saturated rings. The molecule has 0 spiro atoms. The van der Waals surface area contributed by atoms with Gasteiger partial charge in [0.2, 0.25) is 0 Å². The fourth-order valence-electron chi connectivity index (χ4n) is 2.13. The highest BCUT2D eigenvalue weighted by atomic mass is 35.5. The summed E-state index contributed by atoms with van der Waals surface area (Å²) in [6.45, 7) is 2.92. The number of nitrogens with one attached hydrogen (secondary N) is 1. The molecule has 19 heavy (non-hydrogen) atoms. The van der Waals surface area contributed by atoms with E-state index in [0.29, 0.717) is 5.02 Å². The molecule has 1 N–H and O–H groups in total. The van der Waals surface area contributed by atoms with Crippen molar-refractivity contribution in [3.63, 3.8) is 0 Å². The molecule has 1 atom stereocenters. The van der Waals surface area contributed by atoms with Gasteiger partial charge in [-0.2, -0.15) is 0 Å². The molecule has 1 aromatic heterocycles. The topological polar surface area (TPSA) is 25.2 Å². The summed E-state index contributed by atoms with van der Waals surface area (Å²) in [5.41, 5.74) is 0.945.